The van der Waals surface area contributed by atoms with Gasteiger partial charge in [-0.1, -0.05) is 6.58 Å². The molecule has 0 unspecified atom stereocenters. The summed E-state index contributed by atoms with van der Waals surface area (Å²) in [5, 5.41) is 7.96. The van der Waals surface area contributed by atoms with E-state index in [0.717, 1.165) is 0 Å². The van der Waals surface area contributed by atoms with Crippen LogP contribution in [0.25, 0.3) is 0 Å². The van der Waals surface area contributed by atoms with Gasteiger partial charge in [0.2, 0.25) is 0 Å². The average Bonchev–Trinajstić information content (AvgIpc) is 2.13. The van der Waals surface area contributed by atoms with Gasteiger partial charge < -0.3 is 9.84 Å². The maximum atomic E-state index is 12.5. The molecule has 0 heterocycles. The Balaban J connectivity index is 4.34. The van der Waals surface area contributed by atoms with Crippen molar-refractivity contribution >= 4 is 5.97 Å². The van der Waals surface area contributed by atoms with Gasteiger partial charge in [-0.2, -0.15) is 17.6 Å². The molecule has 0 fully saturated rings. The molecule has 0 aromatic carbocycles. The fourth-order valence-corrected chi connectivity index (χ4v) is 0.442. The second-order valence-corrected chi connectivity index (χ2v) is 2.38. The third-order valence-electron chi connectivity index (χ3n) is 1.30. The first-order valence-electron chi connectivity index (χ1n) is 3.42. The van der Waals surface area contributed by atoms with Gasteiger partial charge in [0.15, 0.2) is 6.61 Å². The molecular formula is C7H8F4O3. The highest BCUT2D eigenvalue weighted by Crippen LogP contribution is 2.33. The fourth-order valence-electron chi connectivity index (χ4n) is 0.442. The minimum absolute atomic E-state index is 0.563. The molecular weight excluding hydrogens is 208 g/mol. The van der Waals surface area contributed by atoms with E-state index in [2.05, 4.69) is 11.3 Å². The standard InChI is InChI=1S/C7H8F4O3/c1-2-5(13)14-4-7(10,11)6(8,9)3-12/h2,12H,1,3-4H2. The van der Waals surface area contributed by atoms with Gasteiger partial charge in [-0.25, -0.2) is 4.79 Å². The van der Waals surface area contributed by atoms with Crippen LogP contribution in [0.15, 0.2) is 12.7 Å². The number of alkyl halides is 4. The fraction of sp³-hybridized carbons (Fsp3) is 0.571. The van der Waals surface area contributed by atoms with Gasteiger partial charge in [0.25, 0.3) is 0 Å². The van der Waals surface area contributed by atoms with Gasteiger partial charge >= 0.3 is 17.8 Å². The highest BCUT2D eigenvalue weighted by Gasteiger charge is 2.56. The van der Waals surface area contributed by atoms with Crippen molar-refractivity contribution in [2.24, 2.45) is 0 Å². The van der Waals surface area contributed by atoms with Crippen molar-refractivity contribution in [3.63, 3.8) is 0 Å². The molecule has 0 bridgehead atoms. The Hall–Kier alpha value is -1.11. The number of carbonyl (C=O) groups excluding carboxylic acids is 1. The van der Waals surface area contributed by atoms with E-state index >= 15 is 0 Å². The van der Waals surface area contributed by atoms with E-state index in [0.29, 0.717) is 6.08 Å². The molecule has 14 heavy (non-hydrogen) atoms. The number of hydrogen-bond acceptors (Lipinski definition) is 3. The average molecular weight is 216 g/mol. The normalized spacial score (nSPS) is 12.4. The van der Waals surface area contributed by atoms with E-state index < -0.39 is 31.0 Å². The van der Waals surface area contributed by atoms with Crippen molar-refractivity contribution in [1.29, 1.82) is 0 Å². The molecule has 0 aliphatic rings. The second-order valence-electron chi connectivity index (χ2n) is 2.38. The van der Waals surface area contributed by atoms with Gasteiger partial charge in [0, 0.05) is 6.08 Å². The molecule has 82 valence electrons. The monoisotopic (exact) mass is 216 g/mol. The minimum Gasteiger partial charge on any atom is -0.456 e. The number of aliphatic hydroxyl groups is 1. The van der Waals surface area contributed by atoms with E-state index in [1.807, 2.05) is 0 Å². The molecule has 0 saturated heterocycles. The Morgan fingerprint density at radius 2 is 1.86 bits per heavy atom. The van der Waals surface area contributed by atoms with Crippen LogP contribution in [0.2, 0.25) is 0 Å². The maximum Gasteiger partial charge on any atom is 0.345 e. The Bertz CT molecular complexity index is 227. The zero-order chi connectivity index (χ0) is 11.4. The number of ether oxygens (including phenoxy) is 1. The first-order valence-corrected chi connectivity index (χ1v) is 3.42. The molecule has 7 heteroatoms. The smallest absolute Gasteiger partial charge is 0.345 e. The number of carbonyl (C=O) groups is 1. The van der Waals surface area contributed by atoms with Crippen LogP contribution in [-0.4, -0.2) is 36.1 Å². The Kier molecular flexibility index (Phi) is 4.06. The predicted octanol–water partition coefficient (Wildman–Crippen LogP) is 0.978. The Morgan fingerprint density at radius 3 is 2.21 bits per heavy atom. The SMILES string of the molecule is C=CC(=O)OCC(F)(F)C(F)(F)CO. The van der Waals surface area contributed by atoms with E-state index in [-0.39, 0.29) is 0 Å². The maximum absolute atomic E-state index is 12.5. The summed E-state index contributed by atoms with van der Waals surface area (Å²) in [5.74, 6) is -10.5. The quantitative estimate of drug-likeness (QED) is 0.423. The molecule has 0 amide bonds. The zero-order valence-electron chi connectivity index (χ0n) is 6.97. The van der Waals surface area contributed by atoms with Crippen LogP contribution in [0, 0.1) is 0 Å². The summed E-state index contributed by atoms with van der Waals surface area (Å²) in [7, 11) is 0. The molecule has 0 aromatic heterocycles. The molecule has 0 radical (unpaired) electrons. The Labute approximate surface area is 77.0 Å². The largest absolute Gasteiger partial charge is 0.456 e. The topological polar surface area (TPSA) is 46.5 Å². The highest BCUT2D eigenvalue weighted by atomic mass is 19.3. The second kappa shape index (κ2) is 4.41. The van der Waals surface area contributed by atoms with E-state index in [4.69, 9.17) is 5.11 Å². The van der Waals surface area contributed by atoms with Crippen molar-refractivity contribution < 1.29 is 32.2 Å². The van der Waals surface area contributed by atoms with E-state index in [1.165, 1.54) is 0 Å². The minimum atomic E-state index is -4.62. The molecule has 0 aliphatic heterocycles. The molecule has 0 aliphatic carbocycles. The molecule has 0 spiro atoms. The summed E-state index contributed by atoms with van der Waals surface area (Å²) in [4.78, 5) is 10.3. The van der Waals surface area contributed by atoms with Crippen LogP contribution in [0.4, 0.5) is 17.6 Å². The summed E-state index contributed by atoms with van der Waals surface area (Å²) in [6.45, 7) is -0.935. The van der Waals surface area contributed by atoms with Gasteiger partial charge in [0.05, 0.1) is 0 Å². The molecule has 0 saturated carbocycles. The van der Waals surface area contributed by atoms with Crippen molar-refractivity contribution in [3.05, 3.63) is 12.7 Å². The number of halogens is 4. The Morgan fingerprint density at radius 1 is 1.36 bits per heavy atom. The van der Waals surface area contributed by atoms with Gasteiger partial charge in [-0.05, 0) is 0 Å². The number of rotatable bonds is 5. The zero-order valence-corrected chi connectivity index (χ0v) is 6.97. The van der Waals surface area contributed by atoms with Crippen LogP contribution in [0.3, 0.4) is 0 Å². The van der Waals surface area contributed by atoms with Crippen molar-refractivity contribution in [3.8, 4) is 0 Å². The summed E-state index contributed by atoms with van der Waals surface area (Å²) in [6, 6.07) is 0. The van der Waals surface area contributed by atoms with Crippen molar-refractivity contribution in [1.82, 2.24) is 0 Å². The lowest BCUT2D eigenvalue weighted by molar-refractivity contribution is -0.243. The number of hydrogen-bond donors (Lipinski definition) is 1. The lowest BCUT2D eigenvalue weighted by atomic mass is 10.2. The molecule has 3 nitrogen and oxygen atoms in total. The highest BCUT2D eigenvalue weighted by molar-refractivity contribution is 5.81. The molecule has 1 N–H and O–H groups in total. The van der Waals surface area contributed by atoms with Crippen LogP contribution in [0.5, 0.6) is 0 Å². The van der Waals surface area contributed by atoms with Crippen LogP contribution >= 0.6 is 0 Å². The van der Waals surface area contributed by atoms with Crippen molar-refractivity contribution in [2.75, 3.05) is 13.2 Å². The summed E-state index contributed by atoms with van der Waals surface area (Å²) in [5.41, 5.74) is 0. The third kappa shape index (κ3) is 2.99. The van der Waals surface area contributed by atoms with E-state index in [9.17, 15) is 22.4 Å². The molecule has 0 rings (SSSR count). The lowest BCUT2D eigenvalue weighted by Crippen LogP contribution is -2.47. The van der Waals surface area contributed by atoms with Crippen LogP contribution in [0.1, 0.15) is 0 Å². The predicted molar refractivity (Wildman–Crippen MR) is 38.1 cm³/mol. The summed E-state index contributed by atoms with van der Waals surface area (Å²) in [6.07, 6.45) is 0.563. The summed E-state index contributed by atoms with van der Waals surface area (Å²) < 4.78 is 53.2. The van der Waals surface area contributed by atoms with Gasteiger partial charge in [-0.15, -0.1) is 0 Å². The van der Waals surface area contributed by atoms with Crippen molar-refractivity contribution in [2.45, 2.75) is 11.8 Å². The molecule has 0 aromatic rings. The summed E-state index contributed by atoms with van der Waals surface area (Å²) >= 11 is 0. The van der Waals surface area contributed by atoms with Crippen LogP contribution in [-0.2, 0) is 9.53 Å². The number of esters is 1. The van der Waals surface area contributed by atoms with E-state index in [1.54, 1.807) is 0 Å². The van der Waals surface area contributed by atoms with Gasteiger partial charge in [0.1, 0.15) is 6.61 Å². The van der Waals surface area contributed by atoms with Gasteiger partial charge in [-0.3, -0.25) is 0 Å². The van der Waals surface area contributed by atoms with Crippen LogP contribution < -0.4 is 0 Å². The third-order valence-corrected chi connectivity index (χ3v) is 1.30. The first kappa shape index (κ1) is 12.9. The molecule has 0 atom stereocenters. The number of aliphatic hydroxyl groups excluding tert-OH is 1. The first-order chi connectivity index (χ1) is 6.27. The lowest BCUT2D eigenvalue weighted by Gasteiger charge is -2.23.